The summed E-state index contributed by atoms with van der Waals surface area (Å²) in [5.74, 6) is -0.690. The fraction of sp³-hybridized carbons (Fsp3) is 0.333. The van der Waals surface area contributed by atoms with Crippen LogP contribution in [-0.2, 0) is 12.6 Å². The van der Waals surface area contributed by atoms with E-state index in [1.165, 1.54) is 28.9 Å². The van der Waals surface area contributed by atoms with Gasteiger partial charge in [0, 0.05) is 7.05 Å². The summed E-state index contributed by atoms with van der Waals surface area (Å²) in [6.07, 6.45) is 0. The number of rotatable bonds is 4. The molecule has 112 valence electrons. The highest BCUT2D eigenvalue weighted by Gasteiger charge is 2.24. The van der Waals surface area contributed by atoms with E-state index in [1.807, 2.05) is 0 Å². The number of halogens is 1. The molecule has 2 N–H and O–H groups in total. The van der Waals surface area contributed by atoms with Crippen LogP contribution in [0.3, 0.4) is 0 Å². The molecule has 2 aromatic rings. The van der Waals surface area contributed by atoms with Gasteiger partial charge in [-0.15, -0.1) is 0 Å². The third kappa shape index (κ3) is 3.46. The first-order valence-corrected chi connectivity index (χ1v) is 6.57. The first kappa shape index (κ1) is 15.2. The Balaban J connectivity index is 2.06. The van der Waals surface area contributed by atoms with Crippen molar-refractivity contribution in [3.63, 3.8) is 0 Å². The summed E-state index contributed by atoms with van der Waals surface area (Å²) in [5.41, 5.74) is 0.414. The van der Waals surface area contributed by atoms with Gasteiger partial charge < -0.3 is 10.4 Å². The van der Waals surface area contributed by atoms with Crippen molar-refractivity contribution in [3.8, 4) is 0 Å². The van der Waals surface area contributed by atoms with Crippen LogP contribution in [0, 0.1) is 12.7 Å². The predicted octanol–water partition coefficient (Wildman–Crippen LogP) is 1.51. The first-order valence-electron chi connectivity index (χ1n) is 6.57. The summed E-state index contributed by atoms with van der Waals surface area (Å²) >= 11 is 0. The average molecular weight is 291 g/mol. The molecule has 1 amide bonds. The second kappa shape index (κ2) is 5.65. The average Bonchev–Trinajstić information content (AvgIpc) is 2.76. The molecule has 0 saturated heterocycles. The number of aromatic nitrogens is 2. The van der Waals surface area contributed by atoms with Crippen molar-refractivity contribution in [3.05, 3.63) is 53.1 Å². The lowest BCUT2D eigenvalue weighted by Crippen LogP contribution is -2.39. The molecule has 2 rings (SSSR count). The quantitative estimate of drug-likeness (QED) is 0.897. The molecule has 1 heterocycles. The summed E-state index contributed by atoms with van der Waals surface area (Å²) < 4.78 is 14.4. The molecule has 21 heavy (non-hydrogen) atoms. The topological polar surface area (TPSA) is 67.2 Å². The number of hydrogen-bond acceptors (Lipinski definition) is 3. The Hall–Kier alpha value is -2.21. The van der Waals surface area contributed by atoms with Crippen LogP contribution in [0.15, 0.2) is 30.3 Å². The molecule has 0 aliphatic carbocycles. The molecular weight excluding hydrogens is 273 g/mol. The Morgan fingerprint density at radius 2 is 2.05 bits per heavy atom. The van der Waals surface area contributed by atoms with Gasteiger partial charge in [-0.25, -0.2) is 4.39 Å². The number of aryl methyl sites for hydroxylation is 2. The van der Waals surface area contributed by atoms with Gasteiger partial charge in [0.2, 0.25) is 0 Å². The molecule has 0 aliphatic heterocycles. The zero-order valence-electron chi connectivity index (χ0n) is 12.2. The number of hydrogen-bond donors (Lipinski definition) is 2. The summed E-state index contributed by atoms with van der Waals surface area (Å²) in [5, 5.41) is 17.1. The maximum atomic E-state index is 12.9. The van der Waals surface area contributed by atoms with Crippen molar-refractivity contribution in [1.29, 1.82) is 0 Å². The number of carbonyl (C=O) groups excluding carboxylic acids is 1. The smallest absolute Gasteiger partial charge is 0.269 e. The van der Waals surface area contributed by atoms with E-state index in [2.05, 4.69) is 10.4 Å². The van der Waals surface area contributed by atoms with E-state index in [9.17, 15) is 14.3 Å². The van der Waals surface area contributed by atoms with Crippen LogP contribution in [-0.4, -0.2) is 27.3 Å². The van der Waals surface area contributed by atoms with Crippen LogP contribution in [0.5, 0.6) is 0 Å². The first-order chi connectivity index (χ1) is 9.79. The Morgan fingerprint density at radius 1 is 1.43 bits per heavy atom. The molecule has 0 radical (unpaired) electrons. The van der Waals surface area contributed by atoms with E-state index >= 15 is 0 Å². The second-order valence-corrected chi connectivity index (χ2v) is 5.26. The highest BCUT2D eigenvalue weighted by atomic mass is 19.1. The predicted molar refractivity (Wildman–Crippen MR) is 76.2 cm³/mol. The van der Waals surface area contributed by atoms with E-state index < -0.39 is 5.60 Å². The van der Waals surface area contributed by atoms with Gasteiger partial charge in [-0.3, -0.25) is 9.48 Å². The largest absolute Gasteiger partial charge is 0.384 e. The van der Waals surface area contributed by atoms with Gasteiger partial charge in [0.15, 0.2) is 0 Å². The number of aliphatic hydroxyl groups is 1. The minimum atomic E-state index is -1.28. The second-order valence-electron chi connectivity index (χ2n) is 5.26. The van der Waals surface area contributed by atoms with Crippen LogP contribution in [0.1, 0.15) is 28.7 Å². The fourth-order valence-corrected chi connectivity index (χ4v) is 2.08. The molecule has 0 spiro atoms. The Bertz CT molecular complexity index is 647. The van der Waals surface area contributed by atoms with E-state index in [4.69, 9.17) is 0 Å². The fourth-order valence-electron chi connectivity index (χ4n) is 2.08. The van der Waals surface area contributed by atoms with Crippen molar-refractivity contribution in [2.45, 2.75) is 19.4 Å². The van der Waals surface area contributed by atoms with E-state index in [1.54, 1.807) is 27.0 Å². The van der Waals surface area contributed by atoms with Crippen molar-refractivity contribution in [1.82, 2.24) is 15.1 Å². The Morgan fingerprint density at radius 3 is 2.57 bits per heavy atom. The molecule has 0 aliphatic rings. The molecule has 1 aromatic carbocycles. The SMILES string of the molecule is Cc1cc(C(=O)NCC(C)(O)c2ccc(F)cc2)n(C)n1. The number of nitrogens with zero attached hydrogens (tertiary/aromatic N) is 2. The van der Waals surface area contributed by atoms with Crippen molar-refractivity contribution >= 4 is 5.91 Å². The van der Waals surface area contributed by atoms with E-state index in [0.717, 1.165) is 5.69 Å². The molecule has 1 atom stereocenters. The van der Waals surface area contributed by atoms with Crippen LogP contribution in [0.4, 0.5) is 4.39 Å². The van der Waals surface area contributed by atoms with E-state index in [-0.39, 0.29) is 18.3 Å². The van der Waals surface area contributed by atoms with Gasteiger partial charge in [-0.2, -0.15) is 5.10 Å². The van der Waals surface area contributed by atoms with Crippen molar-refractivity contribution < 1.29 is 14.3 Å². The summed E-state index contributed by atoms with van der Waals surface area (Å²) in [7, 11) is 1.68. The van der Waals surface area contributed by atoms with Gasteiger partial charge in [-0.05, 0) is 37.6 Å². The molecule has 1 aromatic heterocycles. The third-order valence-corrected chi connectivity index (χ3v) is 3.29. The molecule has 0 fully saturated rings. The number of nitrogens with one attached hydrogen (secondary N) is 1. The maximum absolute atomic E-state index is 12.9. The minimum Gasteiger partial charge on any atom is -0.384 e. The van der Waals surface area contributed by atoms with Gasteiger partial charge >= 0.3 is 0 Å². The number of amides is 1. The zero-order chi connectivity index (χ0) is 15.6. The summed E-state index contributed by atoms with van der Waals surface area (Å²) in [6, 6.07) is 7.21. The molecule has 6 heteroatoms. The Kier molecular flexibility index (Phi) is 4.09. The van der Waals surface area contributed by atoms with Gasteiger partial charge in [0.05, 0.1) is 12.2 Å². The molecule has 0 bridgehead atoms. The molecule has 5 nitrogen and oxygen atoms in total. The van der Waals surface area contributed by atoms with Gasteiger partial charge in [0.25, 0.3) is 5.91 Å². The van der Waals surface area contributed by atoms with Crippen molar-refractivity contribution in [2.75, 3.05) is 6.54 Å². The lowest BCUT2D eigenvalue weighted by Gasteiger charge is -2.24. The normalized spacial score (nSPS) is 13.8. The minimum absolute atomic E-state index is 0.0156. The van der Waals surface area contributed by atoms with Crippen molar-refractivity contribution in [2.24, 2.45) is 7.05 Å². The zero-order valence-corrected chi connectivity index (χ0v) is 12.2. The van der Waals surface area contributed by atoms with Gasteiger partial charge in [-0.1, -0.05) is 12.1 Å². The standard InChI is InChI=1S/C15H18FN3O2/c1-10-8-13(19(3)18-10)14(20)17-9-15(2,21)11-4-6-12(16)7-5-11/h4-8,21H,9H2,1-3H3,(H,17,20). The molecular formula is C15H18FN3O2. The van der Waals surface area contributed by atoms with Crippen LogP contribution in [0.2, 0.25) is 0 Å². The third-order valence-electron chi connectivity index (χ3n) is 3.29. The lowest BCUT2D eigenvalue weighted by atomic mass is 9.96. The molecule has 1 unspecified atom stereocenters. The number of benzene rings is 1. The highest BCUT2D eigenvalue weighted by Crippen LogP contribution is 2.20. The highest BCUT2D eigenvalue weighted by molar-refractivity contribution is 5.92. The maximum Gasteiger partial charge on any atom is 0.269 e. The van der Waals surface area contributed by atoms with Crippen LogP contribution in [0.25, 0.3) is 0 Å². The van der Waals surface area contributed by atoms with Gasteiger partial charge in [0.1, 0.15) is 17.1 Å². The van der Waals surface area contributed by atoms with E-state index in [0.29, 0.717) is 11.3 Å². The van der Waals surface area contributed by atoms with Crippen LogP contribution >= 0.6 is 0 Å². The Labute approximate surface area is 122 Å². The molecule has 0 saturated carbocycles. The number of carbonyl (C=O) groups is 1. The monoisotopic (exact) mass is 291 g/mol. The van der Waals surface area contributed by atoms with Crippen LogP contribution < -0.4 is 5.32 Å². The summed E-state index contributed by atoms with van der Waals surface area (Å²) in [4.78, 5) is 12.1. The lowest BCUT2D eigenvalue weighted by molar-refractivity contribution is 0.0523. The summed E-state index contributed by atoms with van der Waals surface area (Å²) in [6.45, 7) is 3.38.